The first kappa shape index (κ1) is 12.7. The van der Waals surface area contributed by atoms with Crippen LogP contribution in [0.5, 0.6) is 0 Å². The summed E-state index contributed by atoms with van der Waals surface area (Å²) in [5, 5.41) is 0.393. The second-order valence-electron chi connectivity index (χ2n) is 4.02. The van der Waals surface area contributed by atoms with Crippen LogP contribution in [-0.2, 0) is 6.42 Å². The number of aryl methyl sites for hydroxylation is 1. The third kappa shape index (κ3) is 2.93. The van der Waals surface area contributed by atoms with Gasteiger partial charge in [-0.05, 0) is 42.8 Å². The second kappa shape index (κ2) is 5.27. The highest BCUT2D eigenvalue weighted by Crippen LogP contribution is 2.19. The number of hydrogen-bond acceptors (Lipinski definition) is 2. The maximum atomic E-state index is 13.1. The van der Waals surface area contributed by atoms with Crippen LogP contribution in [-0.4, -0.2) is 10.8 Å². The van der Waals surface area contributed by atoms with Gasteiger partial charge >= 0.3 is 0 Å². The summed E-state index contributed by atoms with van der Waals surface area (Å²) in [6, 6.07) is 7.47. The molecule has 0 spiro atoms. The molecule has 0 aliphatic heterocycles. The zero-order valence-electron chi connectivity index (χ0n) is 9.78. The molecule has 0 radical (unpaired) electrons. The van der Waals surface area contributed by atoms with E-state index in [2.05, 4.69) is 4.98 Å². The Morgan fingerprint density at radius 1 is 1.33 bits per heavy atom. The van der Waals surface area contributed by atoms with Gasteiger partial charge in [-0.1, -0.05) is 11.6 Å². The summed E-state index contributed by atoms with van der Waals surface area (Å²) in [4.78, 5) is 16.0. The van der Waals surface area contributed by atoms with E-state index < -0.39 is 5.82 Å². The summed E-state index contributed by atoms with van der Waals surface area (Å²) in [6.07, 6.45) is 1.59. The summed E-state index contributed by atoms with van der Waals surface area (Å²) in [5.41, 5.74) is 1.83. The van der Waals surface area contributed by atoms with Gasteiger partial charge in [-0.2, -0.15) is 0 Å². The molecule has 0 fully saturated rings. The number of nitrogens with zero attached hydrogens (tertiary/aromatic N) is 1. The third-order valence-electron chi connectivity index (χ3n) is 2.59. The molecule has 0 saturated carbocycles. The molecule has 0 bridgehead atoms. The highest BCUT2D eigenvalue weighted by Gasteiger charge is 2.10. The van der Waals surface area contributed by atoms with E-state index in [1.54, 1.807) is 12.1 Å². The Balaban J connectivity index is 2.21. The molecule has 2 rings (SSSR count). The van der Waals surface area contributed by atoms with E-state index in [1.165, 1.54) is 24.4 Å². The first-order valence-corrected chi connectivity index (χ1v) is 5.84. The minimum atomic E-state index is -0.399. The monoisotopic (exact) mass is 263 g/mol. The Labute approximate surface area is 109 Å². The first-order valence-electron chi connectivity index (χ1n) is 5.46. The average Bonchev–Trinajstić information content (AvgIpc) is 2.34. The number of halogens is 2. The van der Waals surface area contributed by atoms with Crippen molar-refractivity contribution >= 4 is 17.4 Å². The first-order chi connectivity index (χ1) is 8.56. The van der Waals surface area contributed by atoms with Crippen molar-refractivity contribution in [3.8, 4) is 0 Å². The average molecular weight is 264 g/mol. The maximum Gasteiger partial charge on any atom is 0.168 e. The molecule has 0 amide bonds. The van der Waals surface area contributed by atoms with Crippen molar-refractivity contribution in [3.63, 3.8) is 0 Å². The Morgan fingerprint density at radius 2 is 2.11 bits per heavy atom. The zero-order chi connectivity index (χ0) is 13.1. The molecule has 0 aliphatic rings. The highest BCUT2D eigenvalue weighted by atomic mass is 35.5. The maximum absolute atomic E-state index is 13.1. The molecule has 1 aromatic carbocycles. The van der Waals surface area contributed by atoms with Gasteiger partial charge in [0.15, 0.2) is 5.78 Å². The largest absolute Gasteiger partial charge is 0.294 e. The fourth-order valence-corrected chi connectivity index (χ4v) is 1.77. The fraction of sp³-hybridized carbons (Fsp3) is 0.143. The molecule has 92 valence electrons. The number of carbonyl (C=O) groups is 1. The van der Waals surface area contributed by atoms with Gasteiger partial charge in [0.2, 0.25) is 0 Å². The SMILES string of the molecule is Cc1ccc(C(=O)Cc2cc(F)ccc2Cl)cn1. The van der Waals surface area contributed by atoms with E-state index in [0.717, 1.165) is 5.69 Å². The number of ketones is 1. The summed E-state index contributed by atoms with van der Waals surface area (Å²) in [6.45, 7) is 1.84. The van der Waals surface area contributed by atoms with Crippen LogP contribution < -0.4 is 0 Å². The van der Waals surface area contributed by atoms with E-state index in [9.17, 15) is 9.18 Å². The smallest absolute Gasteiger partial charge is 0.168 e. The highest BCUT2D eigenvalue weighted by molar-refractivity contribution is 6.31. The van der Waals surface area contributed by atoms with Gasteiger partial charge in [-0.15, -0.1) is 0 Å². The molecule has 0 N–H and O–H groups in total. The minimum Gasteiger partial charge on any atom is -0.294 e. The number of aromatic nitrogens is 1. The Morgan fingerprint density at radius 3 is 2.78 bits per heavy atom. The molecule has 0 saturated heterocycles. The molecule has 0 atom stereocenters. The van der Waals surface area contributed by atoms with E-state index in [1.807, 2.05) is 6.92 Å². The Kier molecular flexibility index (Phi) is 3.72. The summed E-state index contributed by atoms with van der Waals surface area (Å²) >= 11 is 5.92. The lowest BCUT2D eigenvalue weighted by Gasteiger charge is -2.04. The summed E-state index contributed by atoms with van der Waals surface area (Å²) in [5.74, 6) is -0.528. The number of benzene rings is 1. The zero-order valence-corrected chi connectivity index (χ0v) is 10.5. The number of hydrogen-bond donors (Lipinski definition) is 0. The van der Waals surface area contributed by atoms with Crippen molar-refractivity contribution in [2.75, 3.05) is 0 Å². The van der Waals surface area contributed by atoms with E-state index >= 15 is 0 Å². The van der Waals surface area contributed by atoms with Gasteiger partial charge in [0.25, 0.3) is 0 Å². The number of Topliss-reactive ketones (excluding diaryl/α,β-unsaturated/α-hetero) is 1. The molecular formula is C14H11ClFNO. The molecule has 4 heteroatoms. The van der Waals surface area contributed by atoms with Gasteiger partial charge < -0.3 is 0 Å². The topological polar surface area (TPSA) is 30.0 Å². The third-order valence-corrected chi connectivity index (χ3v) is 2.96. The minimum absolute atomic E-state index is 0.0708. The van der Waals surface area contributed by atoms with Crippen molar-refractivity contribution in [1.82, 2.24) is 4.98 Å². The summed E-state index contributed by atoms with van der Waals surface area (Å²) < 4.78 is 13.1. The van der Waals surface area contributed by atoms with Crippen molar-refractivity contribution < 1.29 is 9.18 Å². The lowest BCUT2D eigenvalue weighted by Crippen LogP contribution is -2.05. The predicted octanol–water partition coefficient (Wildman–Crippen LogP) is 3.61. The van der Waals surface area contributed by atoms with Crippen molar-refractivity contribution in [2.24, 2.45) is 0 Å². The fourth-order valence-electron chi connectivity index (χ4n) is 1.59. The summed E-state index contributed by atoms with van der Waals surface area (Å²) in [7, 11) is 0. The van der Waals surface area contributed by atoms with Crippen LogP contribution in [0.3, 0.4) is 0 Å². The molecule has 1 heterocycles. The lowest BCUT2D eigenvalue weighted by molar-refractivity contribution is 0.0992. The van der Waals surface area contributed by atoms with E-state index in [4.69, 9.17) is 11.6 Å². The number of rotatable bonds is 3. The number of pyridine rings is 1. The molecule has 0 aliphatic carbocycles. The van der Waals surface area contributed by atoms with Crippen LogP contribution in [0.1, 0.15) is 21.6 Å². The Bertz CT molecular complexity index is 581. The van der Waals surface area contributed by atoms with Crippen LogP contribution in [0.15, 0.2) is 36.5 Å². The molecule has 2 nitrogen and oxygen atoms in total. The van der Waals surface area contributed by atoms with Crippen LogP contribution in [0.25, 0.3) is 0 Å². The van der Waals surface area contributed by atoms with Crippen LogP contribution in [0.4, 0.5) is 4.39 Å². The van der Waals surface area contributed by atoms with Crippen molar-refractivity contribution in [2.45, 2.75) is 13.3 Å². The molecular weight excluding hydrogens is 253 g/mol. The standard InChI is InChI=1S/C14H11ClFNO/c1-9-2-3-10(8-17-9)14(18)7-11-6-12(16)4-5-13(11)15/h2-6,8H,7H2,1H3. The van der Waals surface area contributed by atoms with Gasteiger partial charge in [0.1, 0.15) is 5.82 Å². The molecule has 18 heavy (non-hydrogen) atoms. The van der Waals surface area contributed by atoms with Crippen molar-refractivity contribution in [3.05, 3.63) is 64.2 Å². The van der Waals surface area contributed by atoms with Gasteiger partial charge in [-0.25, -0.2) is 4.39 Å². The van der Waals surface area contributed by atoms with Crippen LogP contribution >= 0.6 is 11.6 Å². The van der Waals surface area contributed by atoms with E-state index in [-0.39, 0.29) is 12.2 Å². The normalized spacial score (nSPS) is 10.4. The number of carbonyl (C=O) groups excluding carboxylic acids is 1. The van der Waals surface area contributed by atoms with Gasteiger partial charge in [-0.3, -0.25) is 9.78 Å². The lowest BCUT2D eigenvalue weighted by atomic mass is 10.0. The molecule has 2 aromatic rings. The van der Waals surface area contributed by atoms with Gasteiger partial charge in [0, 0.05) is 28.9 Å². The molecule has 1 aromatic heterocycles. The van der Waals surface area contributed by atoms with Gasteiger partial charge in [0.05, 0.1) is 0 Å². The molecule has 0 unspecified atom stereocenters. The van der Waals surface area contributed by atoms with Crippen molar-refractivity contribution in [1.29, 1.82) is 0 Å². The van der Waals surface area contributed by atoms with Crippen LogP contribution in [0.2, 0.25) is 5.02 Å². The second-order valence-corrected chi connectivity index (χ2v) is 4.43. The van der Waals surface area contributed by atoms with E-state index in [0.29, 0.717) is 16.1 Å². The quantitative estimate of drug-likeness (QED) is 0.792. The Hall–Kier alpha value is -1.74. The van der Waals surface area contributed by atoms with Crippen LogP contribution in [0, 0.1) is 12.7 Å². The predicted molar refractivity (Wildman–Crippen MR) is 68.4 cm³/mol.